The molecule has 1 aromatic heterocycles. The molecule has 28 heavy (non-hydrogen) atoms. The molecule has 7 heteroatoms. The Morgan fingerprint density at radius 3 is 2.68 bits per heavy atom. The highest BCUT2D eigenvalue weighted by atomic mass is 32.2. The van der Waals surface area contributed by atoms with Crippen molar-refractivity contribution in [2.45, 2.75) is 17.2 Å². The van der Waals surface area contributed by atoms with Crippen LogP contribution in [0.25, 0.3) is 0 Å². The standard InChI is InChI=1S/C21H20N2O3S2/c1-28(25,26)18-9-5-8-16(12-18)20(24)19-13-22-21(27-19)23-11-10-17(14-23)15-6-3-2-4-7-15/h2-9,12-13,17H,10-11,14H2,1H3/t17-/m1/s1. The zero-order chi connectivity index (χ0) is 19.7. The number of hydrogen-bond acceptors (Lipinski definition) is 6. The summed E-state index contributed by atoms with van der Waals surface area (Å²) < 4.78 is 23.5. The van der Waals surface area contributed by atoms with Gasteiger partial charge in [0.25, 0.3) is 0 Å². The van der Waals surface area contributed by atoms with Crippen molar-refractivity contribution in [2.24, 2.45) is 0 Å². The van der Waals surface area contributed by atoms with Crippen LogP contribution >= 0.6 is 11.3 Å². The Labute approximate surface area is 168 Å². The van der Waals surface area contributed by atoms with Gasteiger partial charge in [-0.25, -0.2) is 13.4 Å². The second-order valence-electron chi connectivity index (χ2n) is 6.98. The van der Waals surface area contributed by atoms with Gasteiger partial charge in [-0.15, -0.1) is 0 Å². The number of anilines is 1. The van der Waals surface area contributed by atoms with E-state index in [1.807, 2.05) is 6.07 Å². The van der Waals surface area contributed by atoms with Crippen LogP contribution in [-0.2, 0) is 9.84 Å². The van der Waals surface area contributed by atoms with E-state index in [-0.39, 0.29) is 10.7 Å². The lowest BCUT2D eigenvalue weighted by atomic mass is 9.99. The molecule has 1 aliphatic rings. The van der Waals surface area contributed by atoms with E-state index in [4.69, 9.17) is 0 Å². The number of benzene rings is 2. The summed E-state index contributed by atoms with van der Waals surface area (Å²) >= 11 is 1.36. The number of carbonyl (C=O) groups is 1. The fourth-order valence-electron chi connectivity index (χ4n) is 3.46. The second kappa shape index (κ2) is 7.48. The second-order valence-corrected chi connectivity index (χ2v) is 10.0. The van der Waals surface area contributed by atoms with Crippen LogP contribution in [0.2, 0.25) is 0 Å². The molecule has 0 spiro atoms. The molecule has 4 rings (SSSR count). The zero-order valence-corrected chi connectivity index (χ0v) is 17.0. The van der Waals surface area contributed by atoms with Gasteiger partial charge < -0.3 is 4.90 Å². The molecule has 144 valence electrons. The van der Waals surface area contributed by atoms with Crippen molar-refractivity contribution in [3.63, 3.8) is 0 Å². The smallest absolute Gasteiger partial charge is 0.204 e. The normalized spacial score (nSPS) is 17.0. The third-order valence-electron chi connectivity index (χ3n) is 4.97. The first-order chi connectivity index (χ1) is 13.4. The first-order valence-corrected chi connectivity index (χ1v) is 11.7. The Kier molecular flexibility index (Phi) is 5.03. The van der Waals surface area contributed by atoms with Crippen LogP contribution in [0.4, 0.5) is 5.13 Å². The van der Waals surface area contributed by atoms with Crippen LogP contribution in [0.1, 0.15) is 33.1 Å². The van der Waals surface area contributed by atoms with Gasteiger partial charge in [0.2, 0.25) is 5.78 Å². The maximum absolute atomic E-state index is 12.8. The minimum Gasteiger partial charge on any atom is -0.347 e. The van der Waals surface area contributed by atoms with Gasteiger partial charge in [-0.1, -0.05) is 53.8 Å². The summed E-state index contributed by atoms with van der Waals surface area (Å²) in [4.78, 5) is 20.1. The first kappa shape index (κ1) is 18.8. The van der Waals surface area contributed by atoms with E-state index in [1.54, 1.807) is 18.3 Å². The summed E-state index contributed by atoms with van der Waals surface area (Å²) in [6, 6.07) is 16.6. The molecule has 3 aromatic rings. The molecule has 5 nitrogen and oxygen atoms in total. The Morgan fingerprint density at radius 2 is 1.93 bits per heavy atom. The van der Waals surface area contributed by atoms with Crippen LogP contribution in [0, 0.1) is 0 Å². The van der Waals surface area contributed by atoms with Crippen molar-refractivity contribution >= 4 is 32.1 Å². The molecule has 0 unspecified atom stereocenters. The molecular formula is C21H20N2O3S2. The number of sulfone groups is 1. The Hall–Kier alpha value is -2.51. The van der Waals surface area contributed by atoms with E-state index in [0.29, 0.717) is 16.4 Å². The van der Waals surface area contributed by atoms with Crippen LogP contribution < -0.4 is 4.90 Å². The number of rotatable bonds is 5. The number of nitrogens with zero attached hydrogens (tertiary/aromatic N) is 2. The van der Waals surface area contributed by atoms with E-state index in [0.717, 1.165) is 30.9 Å². The SMILES string of the molecule is CS(=O)(=O)c1cccc(C(=O)c2cnc(N3CC[C@@H](c4ccccc4)C3)s2)c1. The van der Waals surface area contributed by atoms with Crippen molar-refractivity contribution in [3.8, 4) is 0 Å². The molecule has 1 atom stereocenters. The Balaban J connectivity index is 1.51. The number of ketones is 1. The van der Waals surface area contributed by atoms with Crippen LogP contribution in [0.5, 0.6) is 0 Å². The van der Waals surface area contributed by atoms with Gasteiger partial charge in [0.05, 0.1) is 16.0 Å². The molecule has 0 saturated carbocycles. The average molecular weight is 413 g/mol. The topological polar surface area (TPSA) is 67.3 Å². The highest BCUT2D eigenvalue weighted by Crippen LogP contribution is 2.33. The van der Waals surface area contributed by atoms with Gasteiger partial charge in [0, 0.05) is 30.8 Å². The molecule has 2 heterocycles. The minimum absolute atomic E-state index is 0.147. The summed E-state index contributed by atoms with van der Waals surface area (Å²) in [5, 5.41) is 0.834. The molecule has 1 fully saturated rings. The lowest BCUT2D eigenvalue weighted by Gasteiger charge is -2.15. The highest BCUT2D eigenvalue weighted by Gasteiger charge is 2.26. The van der Waals surface area contributed by atoms with Gasteiger partial charge >= 0.3 is 0 Å². The highest BCUT2D eigenvalue weighted by molar-refractivity contribution is 7.90. The Morgan fingerprint density at radius 1 is 1.14 bits per heavy atom. The summed E-state index contributed by atoms with van der Waals surface area (Å²) in [5.74, 6) is 0.267. The van der Waals surface area contributed by atoms with E-state index < -0.39 is 9.84 Å². The minimum atomic E-state index is -3.35. The van der Waals surface area contributed by atoms with E-state index in [9.17, 15) is 13.2 Å². The largest absolute Gasteiger partial charge is 0.347 e. The summed E-state index contributed by atoms with van der Waals surface area (Å²) in [7, 11) is -3.35. The van der Waals surface area contributed by atoms with Crippen LogP contribution in [0.3, 0.4) is 0 Å². The Bertz CT molecular complexity index is 1110. The van der Waals surface area contributed by atoms with Crippen molar-refractivity contribution < 1.29 is 13.2 Å². The van der Waals surface area contributed by atoms with E-state index in [1.165, 1.54) is 29.0 Å². The van der Waals surface area contributed by atoms with Gasteiger partial charge in [-0.05, 0) is 24.1 Å². The fourth-order valence-corrected chi connectivity index (χ4v) is 5.04. The number of thiazole rings is 1. The fraction of sp³-hybridized carbons (Fsp3) is 0.238. The molecule has 1 aliphatic heterocycles. The zero-order valence-electron chi connectivity index (χ0n) is 15.4. The lowest BCUT2D eigenvalue weighted by molar-refractivity contribution is 0.104. The van der Waals surface area contributed by atoms with Crippen molar-refractivity contribution in [2.75, 3.05) is 24.2 Å². The van der Waals surface area contributed by atoms with Crippen molar-refractivity contribution in [3.05, 3.63) is 76.8 Å². The lowest BCUT2D eigenvalue weighted by Crippen LogP contribution is -2.18. The van der Waals surface area contributed by atoms with E-state index in [2.05, 4.69) is 34.1 Å². The quantitative estimate of drug-likeness (QED) is 0.597. The summed E-state index contributed by atoms with van der Waals surface area (Å²) in [6.07, 6.45) is 3.78. The molecule has 0 bridgehead atoms. The van der Waals surface area contributed by atoms with Gasteiger partial charge in [-0.2, -0.15) is 0 Å². The van der Waals surface area contributed by atoms with Crippen LogP contribution in [-0.4, -0.2) is 38.5 Å². The molecule has 0 radical (unpaired) electrons. The number of aromatic nitrogens is 1. The van der Waals surface area contributed by atoms with Gasteiger partial charge in [-0.3, -0.25) is 4.79 Å². The molecule has 0 N–H and O–H groups in total. The molecule has 0 amide bonds. The predicted octanol–water partition coefficient (Wildman–Crippen LogP) is 3.77. The molecular weight excluding hydrogens is 392 g/mol. The molecule has 0 aliphatic carbocycles. The maximum atomic E-state index is 12.8. The summed E-state index contributed by atoms with van der Waals surface area (Å²) in [5.41, 5.74) is 1.69. The van der Waals surface area contributed by atoms with Crippen LogP contribution in [0.15, 0.2) is 65.7 Å². The molecule has 2 aromatic carbocycles. The first-order valence-electron chi connectivity index (χ1n) is 9.02. The maximum Gasteiger partial charge on any atom is 0.204 e. The van der Waals surface area contributed by atoms with E-state index >= 15 is 0 Å². The van der Waals surface area contributed by atoms with Gasteiger partial charge in [0.15, 0.2) is 15.0 Å². The third kappa shape index (κ3) is 3.86. The van der Waals surface area contributed by atoms with Crippen molar-refractivity contribution in [1.82, 2.24) is 4.98 Å². The monoisotopic (exact) mass is 412 g/mol. The molecule has 1 saturated heterocycles. The van der Waals surface area contributed by atoms with Crippen molar-refractivity contribution in [1.29, 1.82) is 0 Å². The number of hydrogen-bond donors (Lipinski definition) is 0. The third-order valence-corrected chi connectivity index (χ3v) is 7.14. The average Bonchev–Trinajstić information content (AvgIpc) is 3.37. The number of carbonyl (C=O) groups excluding carboxylic acids is 1. The predicted molar refractivity (Wildman–Crippen MR) is 111 cm³/mol. The van der Waals surface area contributed by atoms with Gasteiger partial charge in [0.1, 0.15) is 0 Å². The summed E-state index contributed by atoms with van der Waals surface area (Å²) in [6.45, 7) is 1.79.